The summed E-state index contributed by atoms with van der Waals surface area (Å²) in [5.74, 6) is 0.999. The molecule has 0 unspecified atom stereocenters. The molecule has 84 valence electrons. The van der Waals surface area contributed by atoms with Crippen molar-refractivity contribution in [1.82, 2.24) is 15.1 Å². The van der Waals surface area contributed by atoms with Gasteiger partial charge in [-0.25, -0.2) is 0 Å². The topological polar surface area (TPSA) is 77.8 Å². The number of aromatic nitrogens is 3. The molecule has 0 saturated carbocycles. The van der Waals surface area contributed by atoms with Crippen molar-refractivity contribution in [1.29, 1.82) is 0 Å². The molecule has 0 radical (unpaired) electrons. The van der Waals surface area contributed by atoms with E-state index in [1.54, 1.807) is 24.1 Å². The Kier molecular flexibility index (Phi) is 2.34. The first-order valence-electron chi connectivity index (χ1n) is 4.90. The SMILES string of the molecule is Nc1noc(-c2cncs2)c1-c1cccnc1. The maximum Gasteiger partial charge on any atom is 0.188 e. The quantitative estimate of drug-likeness (QED) is 0.749. The molecule has 0 fully saturated rings. The highest BCUT2D eigenvalue weighted by Gasteiger charge is 2.18. The van der Waals surface area contributed by atoms with E-state index in [1.165, 1.54) is 11.3 Å². The lowest BCUT2D eigenvalue weighted by Crippen LogP contribution is -1.88. The maximum atomic E-state index is 5.83. The molecule has 0 aliphatic rings. The molecule has 0 saturated heterocycles. The van der Waals surface area contributed by atoms with Gasteiger partial charge in [0.1, 0.15) is 0 Å². The van der Waals surface area contributed by atoms with E-state index in [-0.39, 0.29) is 0 Å². The van der Waals surface area contributed by atoms with Crippen LogP contribution in [-0.2, 0) is 0 Å². The van der Waals surface area contributed by atoms with Crippen LogP contribution in [0.25, 0.3) is 21.8 Å². The average Bonchev–Trinajstić information content (AvgIpc) is 2.98. The van der Waals surface area contributed by atoms with Crippen molar-refractivity contribution in [3.63, 3.8) is 0 Å². The summed E-state index contributed by atoms with van der Waals surface area (Å²) in [5.41, 5.74) is 9.22. The fraction of sp³-hybridized carbons (Fsp3) is 0. The molecule has 0 aromatic carbocycles. The van der Waals surface area contributed by atoms with Gasteiger partial charge in [-0.15, -0.1) is 11.3 Å². The van der Waals surface area contributed by atoms with Crippen molar-refractivity contribution in [2.75, 3.05) is 5.73 Å². The first-order valence-corrected chi connectivity index (χ1v) is 5.78. The standard InChI is InChI=1S/C11H8N4OS/c12-11-9(7-2-1-3-13-4-7)10(16-15-11)8-5-14-6-17-8/h1-6H,(H2,12,15). The van der Waals surface area contributed by atoms with Crippen molar-refractivity contribution in [3.8, 4) is 21.8 Å². The van der Waals surface area contributed by atoms with Gasteiger partial charge in [-0.2, -0.15) is 0 Å². The lowest BCUT2D eigenvalue weighted by atomic mass is 10.1. The Bertz CT molecular complexity index is 618. The van der Waals surface area contributed by atoms with Crippen LogP contribution in [0.5, 0.6) is 0 Å². The number of nitrogens with zero attached hydrogens (tertiary/aromatic N) is 3. The van der Waals surface area contributed by atoms with Gasteiger partial charge in [-0.3, -0.25) is 9.97 Å². The summed E-state index contributed by atoms with van der Waals surface area (Å²) in [6.07, 6.45) is 5.16. The Morgan fingerprint density at radius 3 is 2.88 bits per heavy atom. The van der Waals surface area contributed by atoms with Gasteiger partial charge in [-0.1, -0.05) is 11.2 Å². The predicted molar refractivity (Wildman–Crippen MR) is 65.3 cm³/mol. The molecular weight excluding hydrogens is 236 g/mol. The van der Waals surface area contributed by atoms with Crippen molar-refractivity contribution in [2.24, 2.45) is 0 Å². The third kappa shape index (κ3) is 1.68. The maximum absolute atomic E-state index is 5.83. The molecule has 0 aliphatic heterocycles. The summed E-state index contributed by atoms with van der Waals surface area (Å²) < 4.78 is 5.26. The van der Waals surface area contributed by atoms with Gasteiger partial charge in [-0.05, 0) is 6.07 Å². The second-order valence-corrected chi connectivity index (χ2v) is 4.27. The molecule has 17 heavy (non-hydrogen) atoms. The molecule has 0 aliphatic carbocycles. The van der Waals surface area contributed by atoms with Crippen molar-refractivity contribution in [3.05, 3.63) is 36.2 Å². The van der Waals surface area contributed by atoms with Crippen LogP contribution < -0.4 is 5.73 Å². The van der Waals surface area contributed by atoms with Crippen LogP contribution in [0, 0.1) is 0 Å². The van der Waals surface area contributed by atoms with Gasteiger partial charge in [0.15, 0.2) is 11.6 Å². The van der Waals surface area contributed by atoms with Crippen LogP contribution in [0.1, 0.15) is 0 Å². The highest BCUT2D eigenvalue weighted by atomic mass is 32.1. The molecule has 3 aromatic heterocycles. The first kappa shape index (κ1) is 9.98. The number of hydrogen-bond acceptors (Lipinski definition) is 6. The largest absolute Gasteiger partial charge is 0.380 e. The number of pyridine rings is 1. The van der Waals surface area contributed by atoms with Crippen molar-refractivity contribution >= 4 is 17.2 Å². The van der Waals surface area contributed by atoms with E-state index >= 15 is 0 Å². The van der Waals surface area contributed by atoms with Gasteiger partial charge in [0, 0.05) is 24.2 Å². The molecule has 0 bridgehead atoms. The average molecular weight is 244 g/mol. The van der Waals surface area contributed by atoms with Crippen molar-refractivity contribution < 1.29 is 4.52 Å². The Balaban J connectivity index is 2.20. The Morgan fingerprint density at radius 1 is 1.24 bits per heavy atom. The van der Waals surface area contributed by atoms with E-state index < -0.39 is 0 Å². The van der Waals surface area contributed by atoms with Gasteiger partial charge < -0.3 is 10.3 Å². The summed E-state index contributed by atoms with van der Waals surface area (Å²) in [4.78, 5) is 8.98. The van der Waals surface area contributed by atoms with E-state index in [4.69, 9.17) is 10.3 Å². The van der Waals surface area contributed by atoms with Crippen LogP contribution in [-0.4, -0.2) is 15.1 Å². The molecule has 2 N–H and O–H groups in total. The first-order chi connectivity index (χ1) is 8.36. The highest BCUT2D eigenvalue weighted by molar-refractivity contribution is 7.13. The minimum Gasteiger partial charge on any atom is -0.380 e. The number of thiazole rings is 1. The number of nitrogens with two attached hydrogens (primary N) is 1. The van der Waals surface area contributed by atoms with Crippen LogP contribution >= 0.6 is 11.3 Å². The fourth-order valence-corrected chi connectivity index (χ4v) is 2.19. The lowest BCUT2D eigenvalue weighted by Gasteiger charge is -1.99. The van der Waals surface area contributed by atoms with E-state index in [0.717, 1.165) is 16.0 Å². The van der Waals surface area contributed by atoms with Crippen LogP contribution in [0.4, 0.5) is 5.82 Å². The minimum absolute atomic E-state index is 0.362. The van der Waals surface area contributed by atoms with E-state index in [1.807, 2.05) is 12.1 Å². The molecule has 5 nitrogen and oxygen atoms in total. The Labute approximate surface area is 101 Å². The van der Waals surface area contributed by atoms with Gasteiger partial charge in [0.2, 0.25) is 0 Å². The smallest absolute Gasteiger partial charge is 0.188 e. The van der Waals surface area contributed by atoms with E-state index in [0.29, 0.717) is 11.6 Å². The number of anilines is 1. The third-order valence-corrected chi connectivity index (χ3v) is 3.10. The molecule has 3 heterocycles. The van der Waals surface area contributed by atoms with Crippen LogP contribution in [0.3, 0.4) is 0 Å². The number of rotatable bonds is 2. The zero-order chi connectivity index (χ0) is 11.7. The fourth-order valence-electron chi connectivity index (χ4n) is 1.59. The second kappa shape index (κ2) is 3.99. The summed E-state index contributed by atoms with van der Waals surface area (Å²) >= 11 is 1.48. The highest BCUT2D eigenvalue weighted by Crippen LogP contribution is 2.37. The molecule has 0 spiro atoms. The van der Waals surface area contributed by atoms with Crippen LogP contribution in [0.2, 0.25) is 0 Å². The Morgan fingerprint density at radius 2 is 2.18 bits per heavy atom. The zero-order valence-corrected chi connectivity index (χ0v) is 9.52. The van der Waals surface area contributed by atoms with Gasteiger partial charge >= 0.3 is 0 Å². The number of nitrogen functional groups attached to an aromatic ring is 1. The van der Waals surface area contributed by atoms with Crippen LogP contribution in [0.15, 0.2) is 40.8 Å². The molecule has 0 amide bonds. The van der Waals surface area contributed by atoms with E-state index in [2.05, 4.69) is 15.1 Å². The number of hydrogen-bond donors (Lipinski definition) is 1. The normalized spacial score (nSPS) is 10.6. The Hall–Kier alpha value is -2.21. The minimum atomic E-state index is 0.362. The molecular formula is C11H8N4OS. The third-order valence-electron chi connectivity index (χ3n) is 2.32. The summed E-state index contributed by atoms with van der Waals surface area (Å²) in [5, 5.41) is 3.80. The monoisotopic (exact) mass is 244 g/mol. The van der Waals surface area contributed by atoms with Gasteiger partial charge in [0.25, 0.3) is 0 Å². The summed E-state index contributed by atoms with van der Waals surface area (Å²) in [6, 6.07) is 3.76. The predicted octanol–water partition coefficient (Wildman–Crippen LogP) is 2.44. The van der Waals surface area contributed by atoms with Gasteiger partial charge in [0.05, 0.1) is 16.0 Å². The molecule has 6 heteroatoms. The van der Waals surface area contributed by atoms with E-state index in [9.17, 15) is 0 Å². The lowest BCUT2D eigenvalue weighted by molar-refractivity contribution is 0.437. The summed E-state index contributed by atoms with van der Waals surface area (Å²) in [6.45, 7) is 0. The zero-order valence-electron chi connectivity index (χ0n) is 8.70. The molecule has 3 rings (SSSR count). The second-order valence-electron chi connectivity index (χ2n) is 3.38. The van der Waals surface area contributed by atoms with Crippen molar-refractivity contribution in [2.45, 2.75) is 0 Å². The molecule has 0 atom stereocenters. The molecule has 3 aromatic rings. The summed E-state index contributed by atoms with van der Waals surface area (Å²) in [7, 11) is 0.